The molecular weight excluding hydrogens is 562 g/mol. The normalized spacial score (nSPS) is 14.5. The Kier molecular flexibility index (Phi) is 10.9. The Hall–Kier alpha value is -3.85. The fourth-order valence-electron chi connectivity index (χ4n) is 5.62. The summed E-state index contributed by atoms with van der Waals surface area (Å²) in [5, 5.41) is 3.19. The molecule has 0 spiro atoms. The molecule has 0 aromatic heterocycles. The second-order valence-electron chi connectivity index (χ2n) is 11.2. The van der Waals surface area contributed by atoms with E-state index in [0.717, 1.165) is 53.1 Å². The second kappa shape index (κ2) is 14.6. The maximum absolute atomic E-state index is 14.4. The number of nitrogens with zero attached hydrogens (tertiary/aromatic N) is 2. The van der Waals surface area contributed by atoms with Crippen LogP contribution in [0.1, 0.15) is 62.1 Å². The number of sulfonamides is 1. The van der Waals surface area contributed by atoms with Crippen LogP contribution in [0, 0.1) is 13.8 Å². The summed E-state index contributed by atoms with van der Waals surface area (Å²) in [7, 11) is -2.72. The zero-order valence-electron chi connectivity index (χ0n) is 25.6. The maximum Gasteiger partial charge on any atom is 0.264 e. The van der Waals surface area contributed by atoms with Crippen molar-refractivity contribution in [1.82, 2.24) is 10.2 Å². The molecule has 1 N–H and O–H groups in total. The minimum Gasteiger partial charge on any atom is -0.495 e. The van der Waals surface area contributed by atoms with Crippen LogP contribution in [0.4, 0.5) is 5.69 Å². The Morgan fingerprint density at radius 2 is 1.58 bits per heavy atom. The van der Waals surface area contributed by atoms with Gasteiger partial charge in [0.2, 0.25) is 11.8 Å². The van der Waals surface area contributed by atoms with Crippen LogP contribution in [-0.4, -0.2) is 50.9 Å². The van der Waals surface area contributed by atoms with E-state index in [2.05, 4.69) is 5.32 Å². The van der Waals surface area contributed by atoms with Crippen molar-refractivity contribution in [1.29, 1.82) is 0 Å². The lowest BCUT2D eigenvalue weighted by molar-refractivity contribution is -0.140. The van der Waals surface area contributed by atoms with Gasteiger partial charge in [0.1, 0.15) is 18.3 Å². The van der Waals surface area contributed by atoms with E-state index in [4.69, 9.17) is 4.74 Å². The van der Waals surface area contributed by atoms with Crippen LogP contribution in [0.3, 0.4) is 0 Å². The molecule has 1 atom stereocenters. The summed E-state index contributed by atoms with van der Waals surface area (Å²) in [5.41, 5.74) is 3.04. The van der Waals surface area contributed by atoms with Crippen LogP contribution >= 0.6 is 0 Å². The molecule has 43 heavy (non-hydrogen) atoms. The molecule has 1 fully saturated rings. The summed E-state index contributed by atoms with van der Waals surface area (Å²) >= 11 is 0. The van der Waals surface area contributed by atoms with Gasteiger partial charge in [0.15, 0.2) is 0 Å². The molecule has 0 saturated heterocycles. The first-order valence-corrected chi connectivity index (χ1v) is 16.5. The van der Waals surface area contributed by atoms with Gasteiger partial charge in [-0.25, -0.2) is 8.42 Å². The third kappa shape index (κ3) is 7.76. The summed E-state index contributed by atoms with van der Waals surface area (Å²) in [6, 6.07) is 20.3. The van der Waals surface area contributed by atoms with Gasteiger partial charge < -0.3 is 15.0 Å². The summed E-state index contributed by atoms with van der Waals surface area (Å²) in [4.78, 5) is 29.7. The third-order valence-corrected chi connectivity index (χ3v) is 9.96. The molecule has 0 radical (unpaired) electrons. The first kappa shape index (κ1) is 32.1. The van der Waals surface area contributed by atoms with Crippen molar-refractivity contribution in [2.75, 3.05) is 18.0 Å². The highest BCUT2D eigenvalue weighted by molar-refractivity contribution is 7.92. The zero-order valence-corrected chi connectivity index (χ0v) is 26.4. The van der Waals surface area contributed by atoms with Gasteiger partial charge in [-0.3, -0.25) is 13.9 Å². The third-order valence-electron chi connectivity index (χ3n) is 8.18. The van der Waals surface area contributed by atoms with Gasteiger partial charge in [0, 0.05) is 12.6 Å². The quantitative estimate of drug-likeness (QED) is 0.283. The minimum absolute atomic E-state index is 0.0596. The molecule has 0 heterocycles. The van der Waals surface area contributed by atoms with Crippen molar-refractivity contribution in [3.63, 3.8) is 0 Å². The van der Waals surface area contributed by atoms with Crippen molar-refractivity contribution >= 4 is 27.5 Å². The average Bonchev–Trinajstić information content (AvgIpc) is 3.01. The van der Waals surface area contributed by atoms with Crippen molar-refractivity contribution in [3.05, 3.63) is 89.5 Å². The van der Waals surface area contributed by atoms with Gasteiger partial charge in [0.05, 0.1) is 17.7 Å². The molecule has 3 aromatic rings. The molecule has 9 heteroatoms. The number of nitrogens with one attached hydrogen (secondary N) is 1. The van der Waals surface area contributed by atoms with E-state index in [9.17, 15) is 18.0 Å². The molecule has 3 aromatic carbocycles. The summed E-state index contributed by atoms with van der Waals surface area (Å²) in [5.74, 6) is -0.365. The standard InChI is InChI=1S/C34H43N3O5S/c1-5-30(34(39)35-28-15-7-6-8-16-28)36(23-27-14-10-9-13-26(27)3)33(38)24-37(31-17-11-12-18-32(31)42-4)43(40,41)29-21-19-25(2)20-22-29/h9-14,17-22,28,30H,5-8,15-16,23-24H2,1-4H3,(H,35,39). The molecule has 4 rings (SSSR count). The van der Waals surface area contributed by atoms with E-state index < -0.39 is 28.5 Å². The highest BCUT2D eigenvalue weighted by Crippen LogP contribution is 2.33. The molecule has 1 aliphatic carbocycles. The topological polar surface area (TPSA) is 96.0 Å². The number of amides is 2. The molecule has 0 bridgehead atoms. The number of rotatable bonds is 12. The first-order chi connectivity index (χ1) is 20.6. The lowest BCUT2D eigenvalue weighted by atomic mass is 9.95. The van der Waals surface area contributed by atoms with E-state index in [-0.39, 0.29) is 29.1 Å². The Balaban J connectivity index is 1.74. The summed E-state index contributed by atoms with van der Waals surface area (Å²) in [6.45, 7) is 5.39. The zero-order chi connectivity index (χ0) is 31.0. The molecule has 0 aliphatic heterocycles. The monoisotopic (exact) mass is 605 g/mol. The minimum atomic E-state index is -4.18. The van der Waals surface area contributed by atoms with E-state index in [1.54, 1.807) is 36.4 Å². The molecule has 1 aliphatic rings. The number of hydrogen-bond donors (Lipinski definition) is 1. The average molecular weight is 606 g/mol. The van der Waals surface area contributed by atoms with Gasteiger partial charge in [-0.1, -0.05) is 80.3 Å². The van der Waals surface area contributed by atoms with Crippen LogP contribution in [0.15, 0.2) is 77.7 Å². The molecule has 230 valence electrons. The predicted octanol–water partition coefficient (Wildman–Crippen LogP) is 5.76. The highest BCUT2D eigenvalue weighted by atomic mass is 32.2. The van der Waals surface area contributed by atoms with Gasteiger partial charge in [-0.2, -0.15) is 0 Å². The lowest BCUT2D eigenvalue weighted by Gasteiger charge is -2.35. The summed E-state index contributed by atoms with van der Waals surface area (Å²) < 4.78 is 34.9. The van der Waals surface area contributed by atoms with Crippen molar-refractivity contribution in [2.24, 2.45) is 0 Å². The Bertz CT molecular complexity index is 1500. The molecule has 1 saturated carbocycles. The van der Waals surface area contributed by atoms with E-state index in [0.29, 0.717) is 12.2 Å². The molecular formula is C34H43N3O5S. The number of anilines is 1. The van der Waals surface area contributed by atoms with Crippen LogP contribution in [-0.2, 0) is 26.2 Å². The number of carbonyl (C=O) groups excluding carboxylic acids is 2. The number of benzene rings is 3. The molecule has 1 unspecified atom stereocenters. The van der Waals surface area contributed by atoms with Crippen molar-refractivity contribution in [2.45, 2.75) is 82.8 Å². The number of aryl methyl sites for hydroxylation is 2. The fourth-order valence-corrected chi connectivity index (χ4v) is 7.05. The Morgan fingerprint density at radius 1 is 0.930 bits per heavy atom. The van der Waals surface area contributed by atoms with Crippen LogP contribution in [0.5, 0.6) is 5.75 Å². The van der Waals surface area contributed by atoms with Gasteiger partial charge >= 0.3 is 0 Å². The first-order valence-electron chi connectivity index (χ1n) is 15.0. The number of ether oxygens (including phenoxy) is 1. The van der Waals surface area contributed by atoms with Crippen molar-refractivity contribution in [3.8, 4) is 5.75 Å². The molecule has 2 amide bonds. The number of para-hydroxylation sites is 2. The van der Waals surface area contributed by atoms with Gasteiger partial charge in [0.25, 0.3) is 10.0 Å². The molecule has 8 nitrogen and oxygen atoms in total. The second-order valence-corrected chi connectivity index (χ2v) is 13.1. The van der Waals surface area contributed by atoms with E-state index >= 15 is 0 Å². The van der Waals surface area contributed by atoms with Crippen molar-refractivity contribution < 1.29 is 22.7 Å². The lowest BCUT2D eigenvalue weighted by Crippen LogP contribution is -2.54. The van der Waals surface area contributed by atoms with Crippen LogP contribution < -0.4 is 14.4 Å². The van der Waals surface area contributed by atoms with Gasteiger partial charge in [-0.15, -0.1) is 0 Å². The Labute approximate surface area is 256 Å². The highest BCUT2D eigenvalue weighted by Gasteiger charge is 2.35. The number of hydrogen-bond acceptors (Lipinski definition) is 5. The fraction of sp³-hybridized carbons (Fsp3) is 0.412. The smallest absolute Gasteiger partial charge is 0.264 e. The van der Waals surface area contributed by atoms with Crippen LogP contribution in [0.25, 0.3) is 0 Å². The Morgan fingerprint density at radius 3 is 2.23 bits per heavy atom. The summed E-state index contributed by atoms with van der Waals surface area (Å²) in [6.07, 6.45) is 5.52. The SMILES string of the molecule is CCC(C(=O)NC1CCCCC1)N(Cc1ccccc1C)C(=O)CN(c1ccccc1OC)S(=O)(=O)c1ccc(C)cc1. The van der Waals surface area contributed by atoms with Crippen LogP contribution in [0.2, 0.25) is 0 Å². The number of methoxy groups -OCH3 is 1. The van der Waals surface area contributed by atoms with Gasteiger partial charge in [-0.05, 0) is 68.5 Å². The predicted molar refractivity (Wildman–Crippen MR) is 170 cm³/mol. The maximum atomic E-state index is 14.4. The van der Waals surface area contributed by atoms with E-state index in [1.165, 1.54) is 24.1 Å². The largest absolute Gasteiger partial charge is 0.495 e. The number of carbonyl (C=O) groups is 2. The van der Waals surface area contributed by atoms with E-state index in [1.807, 2.05) is 45.0 Å².